The maximum atomic E-state index is 7.04. The zero-order valence-electron chi connectivity index (χ0n) is 34.5. The fourth-order valence-electron chi connectivity index (χ4n) is 9.54. The molecule has 0 atom stereocenters. The van der Waals surface area contributed by atoms with Gasteiger partial charge in [-0.2, -0.15) is 9.97 Å². The van der Waals surface area contributed by atoms with Crippen molar-refractivity contribution in [1.82, 2.24) is 19.5 Å². The third-order valence-corrected chi connectivity index (χ3v) is 13.3. The minimum atomic E-state index is 0.547. The summed E-state index contributed by atoms with van der Waals surface area (Å²) in [5.41, 5.74) is 19.4. The van der Waals surface area contributed by atoms with E-state index in [9.17, 15) is 0 Å². The number of hydrogen-bond acceptors (Lipinski definition) is 5. The van der Waals surface area contributed by atoms with Crippen LogP contribution in [0, 0.1) is 0 Å². The van der Waals surface area contributed by atoms with Crippen molar-refractivity contribution in [3.8, 4) is 39.9 Å². The van der Waals surface area contributed by atoms with Gasteiger partial charge in [-0.15, -0.1) is 10.9 Å². The Kier molecular flexibility index (Phi) is 7.84. The zero-order valence-corrected chi connectivity index (χ0v) is 34.5. The number of fused-ring (bicyclic) bond motifs is 9. The minimum Gasteiger partial charge on any atom is -0.455 e. The van der Waals surface area contributed by atoms with E-state index in [1.165, 1.54) is 54.5 Å². The number of hydrogen-bond donors (Lipinski definition) is 0. The summed E-state index contributed by atoms with van der Waals surface area (Å²) < 4.78 is 15.9. The average molecular weight is 749 g/mol. The average Bonchev–Trinajstić information content (AvgIpc) is 3.97. The maximum Gasteiger partial charge on any atom is 0.238 e. The summed E-state index contributed by atoms with van der Waals surface area (Å²) in [7, 11) is 18.0. The molecule has 11 aromatic rings. The van der Waals surface area contributed by atoms with Gasteiger partial charge < -0.3 is 8.83 Å². The highest BCUT2D eigenvalue weighted by Gasteiger charge is 2.26. The molecule has 7 aromatic carbocycles. The highest BCUT2D eigenvalue weighted by atomic mass is 16.3. The van der Waals surface area contributed by atoms with Crippen LogP contribution >= 0.6 is 0 Å². The molecule has 0 spiro atoms. The predicted molar refractivity (Wildman–Crippen MR) is 270 cm³/mol. The zero-order chi connectivity index (χ0) is 40.4. The smallest absolute Gasteiger partial charge is 0.238 e. The maximum absolute atomic E-state index is 7.04. The van der Waals surface area contributed by atoms with Crippen LogP contribution in [0.15, 0.2) is 118 Å². The van der Waals surface area contributed by atoms with Crippen molar-refractivity contribution in [2.75, 3.05) is 0 Å². The van der Waals surface area contributed by atoms with Gasteiger partial charge in [-0.1, -0.05) is 130 Å². The molecular weight excluding hydrogens is 715 g/mol. The van der Waals surface area contributed by atoms with Crippen LogP contribution < -0.4 is 43.7 Å². The Morgan fingerprint density at radius 1 is 0.373 bits per heavy atom. The Hall–Kier alpha value is -6.53. The van der Waals surface area contributed by atoms with E-state index >= 15 is 0 Å². The SMILES string of the molecule is Bc1c(B)c(B)c2c(c1B)c1c(B)c(B)c(B)c(B)c1n2-c1nc(-c2ccccc2)nc(-c2cccc3c2oc2c(-c4cccc5c4oc4ccccc45)cccc23)n1. The Bertz CT molecular complexity index is 3540. The van der Waals surface area contributed by atoms with Crippen LogP contribution in [0.3, 0.4) is 0 Å². The van der Waals surface area contributed by atoms with E-state index in [0.29, 0.717) is 17.6 Å². The third-order valence-electron chi connectivity index (χ3n) is 13.3. The first kappa shape index (κ1) is 35.6. The Morgan fingerprint density at radius 2 is 0.831 bits per heavy atom. The molecular formula is C45H34B8N4O2. The first-order valence-electron chi connectivity index (χ1n) is 20.3. The molecule has 0 unspecified atom stereocenters. The summed E-state index contributed by atoms with van der Waals surface area (Å²) in [5, 5.41) is 6.71. The van der Waals surface area contributed by atoms with Crippen LogP contribution in [0.4, 0.5) is 0 Å². The summed E-state index contributed by atoms with van der Waals surface area (Å²) in [6.45, 7) is 0. The summed E-state index contributed by atoms with van der Waals surface area (Å²) in [6, 6.07) is 37.3. The molecule has 11 rings (SSSR count). The number of para-hydroxylation sites is 4. The van der Waals surface area contributed by atoms with E-state index in [4.69, 9.17) is 23.8 Å². The van der Waals surface area contributed by atoms with Crippen molar-refractivity contribution in [3.63, 3.8) is 0 Å². The lowest BCUT2D eigenvalue weighted by Crippen LogP contribution is -2.49. The number of nitrogens with zero attached hydrogens (tertiary/aromatic N) is 4. The number of furan rings is 2. The molecule has 6 nitrogen and oxygen atoms in total. The molecule has 0 radical (unpaired) electrons. The molecule has 0 bridgehead atoms. The lowest BCUT2D eigenvalue weighted by molar-refractivity contribution is 0.665. The monoisotopic (exact) mass is 750 g/mol. The van der Waals surface area contributed by atoms with Crippen molar-refractivity contribution >= 4 is 172 Å². The van der Waals surface area contributed by atoms with Crippen molar-refractivity contribution in [2.24, 2.45) is 0 Å². The second kappa shape index (κ2) is 13.0. The standard InChI is InChI=1S/C45H34B8N4O2/c46-30-28-29-31(47)33(49)35(51)37(53)39(29)57(38(28)36(52)34(50)32(30)48)45-55-43(19-9-2-1-3-10-19)54-44(56-45)26-17-8-16-25-24-15-7-14-23(41(24)59-42(25)26)22-13-6-12-21-20-11-4-5-18-27(20)58-40(21)22/h1-18H,46-53H2. The predicted octanol–water partition coefficient (Wildman–Crippen LogP) is -2.16. The highest BCUT2D eigenvalue weighted by molar-refractivity contribution is 6.71. The molecule has 4 heterocycles. The fraction of sp³-hybridized carbons (Fsp3) is 0. The molecule has 14 heteroatoms. The number of aromatic nitrogens is 4. The van der Waals surface area contributed by atoms with Crippen LogP contribution in [-0.4, -0.2) is 82.3 Å². The normalized spacial score (nSPS) is 11.9. The number of benzene rings is 7. The first-order valence-corrected chi connectivity index (χ1v) is 20.3. The van der Waals surface area contributed by atoms with Gasteiger partial charge in [0.2, 0.25) is 5.95 Å². The van der Waals surface area contributed by atoms with E-state index in [-0.39, 0.29) is 0 Å². The quantitative estimate of drug-likeness (QED) is 0.192. The van der Waals surface area contributed by atoms with Gasteiger partial charge in [0.25, 0.3) is 0 Å². The minimum absolute atomic E-state index is 0.547. The van der Waals surface area contributed by atoms with Gasteiger partial charge in [0.05, 0.1) is 5.56 Å². The molecule has 0 saturated carbocycles. The van der Waals surface area contributed by atoms with E-state index in [0.717, 1.165) is 77.2 Å². The summed E-state index contributed by atoms with van der Waals surface area (Å²) in [6.07, 6.45) is 0. The van der Waals surface area contributed by atoms with Crippen molar-refractivity contribution in [2.45, 2.75) is 0 Å². The van der Waals surface area contributed by atoms with E-state index in [1.807, 2.05) is 30.3 Å². The van der Waals surface area contributed by atoms with Crippen LogP contribution in [-0.2, 0) is 0 Å². The van der Waals surface area contributed by atoms with Crippen molar-refractivity contribution in [1.29, 1.82) is 0 Å². The van der Waals surface area contributed by atoms with Crippen LogP contribution in [0.25, 0.3) is 106 Å². The Morgan fingerprint density at radius 3 is 1.44 bits per heavy atom. The molecule has 0 aliphatic rings. The lowest BCUT2D eigenvalue weighted by atomic mass is 9.63. The Labute approximate surface area is 348 Å². The lowest BCUT2D eigenvalue weighted by Gasteiger charge is -2.16. The second-order valence-electron chi connectivity index (χ2n) is 16.2. The first-order chi connectivity index (χ1) is 28.6. The summed E-state index contributed by atoms with van der Waals surface area (Å²) in [5.74, 6) is 1.73. The van der Waals surface area contributed by atoms with Gasteiger partial charge >= 0.3 is 0 Å². The van der Waals surface area contributed by atoms with E-state index in [2.05, 4.69) is 146 Å². The van der Waals surface area contributed by atoms with Gasteiger partial charge in [0.15, 0.2) is 11.6 Å². The highest BCUT2D eigenvalue weighted by Crippen LogP contribution is 2.43. The summed E-state index contributed by atoms with van der Waals surface area (Å²) in [4.78, 5) is 16.0. The Balaban J connectivity index is 1.22. The van der Waals surface area contributed by atoms with Crippen LogP contribution in [0.1, 0.15) is 0 Å². The molecule has 4 aromatic heterocycles. The molecule has 270 valence electrons. The van der Waals surface area contributed by atoms with Gasteiger partial charge in [-0.3, -0.25) is 4.57 Å². The largest absolute Gasteiger partial charge is 0.455 e. The molecule has 59 heavy (non-hydrogen) atoms. The van der Waals surface area contributed by atoms with E-state index in [1.54, 1.807) is 0 Å². The van der Waals surface area contributed by atoms with Gasteiger partial charge in [0, 0.05) is 49.3 Å². The fourth-order valence-corrected chi connectivity index (χ4v) is 9.54. The molecule has 0 fully saturated rings. The topological polar surface area (TPSA) is 69.9 Å². The molecule has 0 amide bonds. The molecule has 0 aliphatic heterocycles. The van der Waals surface area contributed by atoms with Crippen LogP contribution in [0.2, 0.25) is 0 Å². The second-order valence-corrected chi connectivity index (χ2v) is 16.2. The molecule has 0 N–H and O–H groups in total. The van der Waals surface area contributed by atoms with Crippen molar-refractivity contribution < 1.29 is 8.83 Å². The number of rotatable bonds is 4. The van der Waals surface area contributed by atoms with Gasteiger partial charge in [-0.25, -0.2) is 4.98 Å². The molecule has 0 aliphatic carbocycles. The van der Waals surface area contributed by atoms with Gasteiger partial charge in [0.1, 0.15) is 85.1 Å². The van der Waals surface area contributed by atoms with Crippen LogP contribution in [0.5, 0.6) is 0 Å². The summed E-state index contributed by atoms with van der Waals surface area (Å²) >= 11 is 0. The van der Waals surface area contributed by atoms with E-state index < -0.39 is 0 Å². The van der Waals surface area contributed by atoms with Crippen molar-refractivity contribution in [3.05, 3.63) is 109 Å². The third kappa shape index (κ3) is 5.02. The van der Waals surface area contributed by atoms with Gasteiger partial charge in [-0.05, 0) is 22.9 Å². The molecule has 0 saturated heterocycles.